The number of hydrogen-bond acceptors (Lipinski definition) is 4. The quantitative estimate of drug-likeness (QED) is 0.788. The third-order valence-corrected chi connectivity index (χ3v) is 2.42. The Morgan fingerprint density at radius 1 is 1.21 bits per heavy atom. The number of anilines is 3. The summed E-state index contributed by atoms with van der Waals surface area (Å²) in [6.45, 7) is 0. The van der Waals surface area contributed by atoms with E-state index in [1.807, 2.05) is 0 Å². The van der Waals surface area contributed by atoms with E-state index in [0.717, 1.165) is 5.75 Å². The van der Waals surface area contributed by atoms with Crippen LogP contribution in [0.1, 0.15) is 0 Å². The van der Waals surface area contributed by atoms with Crippen molar-refractivity contribution in [1.29, 1.82) is 0 Å². The van der Waals surface area contributed by atoms with Crippen LogP contribution in [0.5, 0.6) is 5.75 Å². The highest BCUT2D eigenvalue weighted by molar-refractivity contribution is 6.00. The van der Waals surface area contributed by atoms with Crippen LogP contribution in [0.4, 0.5) is 22.0 Å². The van der Waals surface area contributed by atoms with Crippen molar-refractivity contribution in [1.82, 2.24) is 4.98 Å². The summed E-state index contributed by atoms with van der Waals surface area (Å²) in [7, 11) is 1.58. The maximum atomic E-state index is 11.7. The molecule has 0 aliphatic carbocycles. The number of nitrogens with one attached hydrogen (secondary N) is 2. The van der Waals surface area contributed by atoms with Crippen molar-refractivity contribution in [2.45, 2.75) is 0 Å². The van der Waals surface area contributed by atoms with Gasteiger partial charge in [0.2, 0.25) is 0 Å². The topological polar surface area (TPSA) is 89.3 Å². The number of hydrogen-bond donors (Lipinski definition) is 3. The average molecular weight is 258 g/mol. The van der Waals surface area contributed by atoms with Crippen molar-refractivity contribution in [3.8, 4) is 5.75 Å². The predicted octanol–water partition coefficient (Wildman–Crippen LogP) is 2.32. The normalized spacial score (nSPS) is 9.74. The van der Waals surface area contributed by atoms with Crippen LogP contribution < -0.4 is 21.1 Å². The maximum absolute atomic E-state index is 11.7. The van der Waals surface area contributed by atoms with Gasteiger partial charge in [-0.15, -0.1) is 0 Å². The molecule has 6 heteroatoms. The first-order chi connectivity index (χ1) is 9.19. The monoisotopic (exact) mass is 258 g/mol. The second kappa shape index (κ2) is 5.72. The molecule has 0 aliphatic rings. The minimum atomic E-state index is -0.407. The SMILES string of the molecule is COc1ccc(NC(=O)Nc2ncccc2N)cc1. The summed E-state index contributed by atoms with van der Waals surface area (Å²) in [5, 5.41) is 5.24. The summed E-state index contributed by atoms with van der Waals surface area (Å²) in [5.41, 5.74) is 6.73. The molecular weight excluding hydrogens is 244 g/mol. The Labute approximate surface area is 110 Å². The third-order valence-electron chi connectivity index (χ3n) is 2.42. The Kier molecular flexibility index (Phi) is 3.82. The number of urea groups is 1. The van der Waals surface area contributed by atoms with Crippen molar-refractivity contribution in [2.24, 2.45) is 0 Å². The minimum absolute atomic E-state index is 0.327. The smallest absolute Gasteiger partial charge is 0.324 e. The molecule has 2 rings (SSSR count). The molecule has 0 saturated carbocycles. The number of benzene rings is 1. The fourth-order valence-corrected chi connectivity index (χ4v) is 1.47. The molecule has 0 atom stereocenters. The van der Waals surface area contributed by atoms with E-state index in [2.05, 4.69) is 15.6 Å². The van der Waals surface area contributed by atoms with Crippen molar-refractivity contribution in [2.75, 3.05) is 23.5 Å². The van der Waals surface area contributed by atoms with Gasteiger partial charge in [0.15, 0.2) is 5.82 Å². The molecule has 0 unspecified atom stereocenters. The molecule has 1 aromatic carbocycles. The molecule has 98 valence electrons. The molecule has 19 heavy (non-hydrogen) atoms. The van der Waals surface area contributed by atoms with E-state index in [9.17, 15) is 4.79 Å². The summed E-state index contributed by atoms with van der Waals surface area (Å²) >= 11 is 0. The summed E-state index contributed by atoms with van der Waals surface area (Å²) in [6, 6.07) is 9.93. The Balaban J connectivity index is 1.99. The molecule has 0 aliphatic heterocycles. The lowest BCUT2D eigenvalue weighted by Gasteiger charge is -2.08. The third kappa shape index (κ3) is 3.35. The van der Waals surface area contributed by atoms with Crippen LogP contribution in [0.25, 0.3) is 0 Å². The van der Waals surface area contributed by atoms with E-state index >= 15 is 0 Å². The zero-order chi connectivity index (χ0) is 13.7. The number of ether oxygens (including phenoxy) is 1. The van der Waals surface area contributed by atoms with E-state index < -0.39 is 6.03 Å². The number of pyridine rings is 1. The number of aromatic nitrogens is 1. The average Bonchev–Trinajstić information content (AvgIpc) is 2.42. The van der Waals surface area contributed by atoms with Crippen LogP contribution in [0.3, 0.4) is 0 Å². The molecule has 2 aromatic rings. The van der Waals surface area contributed by atoms with Crippen LogP contribution in [0, 0.1) is 0 Å². The number of methoxy groups -OCH3 is 1. The van der Waals surface area contributed by atoms with Crippen molar-refractivity contribution in [3.05, 3.63) is 42.6 Å². The fraction of sp³-hybridized carbons (Fsp3) is 0.0769. The number of nitrogen functional groups attached to an aromatic ring is 1. The number of carbonyl (C=O) groups excluding carboxylic acids is 1. The van der Waals surface area contributed by atoms with E-state index in [1.165, 1.54) is 0 Å². The summed E-state index contributed by atoms with van der Waals surface area (Å²) in [4.78, 5) is 15.7. The van der Waals surface area contributed by atoms with Crippen LogP contribution in [0.15, 0.2) is 42.6 Å². The van der Waals surface area contributed by atoms with Gasteiger partial charge in [0.05, 0.1) is 12.8 Å². The molecule has 0 spiro atoms. The van der Waals surface area contributed by atoms with Gasteiger partial charge in [0.1, 0.15) is 5.75 Å². The zero-order valence-corrected chi connectivity index (χ0v) is 10.4. The Morgan fingerprint density at radius 3 is 2.58 bits per heavy atom. The predicted molar refractivity (Wildman–Crippen MR) is 74.3 cm³/mol. The lowest BCUT2D eigenvalue weighted by atomic mass is 10.3. The van der Waals surface area contributed by atoms with E-state index in [0.29, 0.717) is 17.2 Å². The van der Waals surface area contributed by atoms with Gasteiger partial charge < -0.3 is 15.8 Å². The van der Waals surface area contributed by atoms with Gasteiger partial charge in [-0.25, -0.2) is 9.78 Å². The maximum Gasteiger partial charge on any atom is 0.324 e. The number of nitrogens with zero attached hydrogens (tertiary/aromatic N) is 1. The summed E-state index contributed by atoms with van der Waals surface area (Å²) in [6.07, 6.45) is 1.55. The first-order valence-corrected chi connectivity index (χ1v) is 5.61. The molecule has 0 bridgehead atoms. The van der Waals surface area contributed by atoms with E-state index in [-0.39, 0.29) is 0 Å². The Bertz CT molecular complexity index is 569. The number of rotatable bonds is 3. The van der Waals surface area contributed by atoms with Gasteiger partial charge in [0, 0.05) is 11.9 Å². The minimum Gasteiger partial charge on any atom is -0.497 e. The van der Waals surface area contributed by atoms with Crippen LogP contribution >= 0.6 is 0 Å². The van der Waals surface area contributed by atoms with Gasteiger partial charge in [0.25, 0.3) is 0 Å². The Morgan fingerprint density at radius 2 is 1.95 bits per heavy atom. The van der Waals surface area contributed by atoms with E-state index in [4.69, 9.17) is 10.5 Å². The summed E-state index contributed by atoms with van der Waals surface area (Å²) in [5.74, 6) is 1.05. The molecule has 6 nitrogen and oxygen atoms in total. The van der Waals surface area contributed by atoms with Gasteiger partial charge in [-0.3, -0.25) is 5.32 Å². The lowest BCUT2D eigenvalue weighted by Crippen LogP contribution is -2.20. The van der Waals surface area contributed by atoms with Gasteiger partial charge in [-0.05, 0) is 36.4 Å². The van der Waals surface area contributed by atoms with Crippen LogP contribution in [0.2, 0.25) is 0 Å². The lowest BCUT2D eigenvalue weighted by molar-refractivity contribution is 0.262. The largest absolute Gasteiger partial charge is 0.497 e. The first-order valence-electron chi connectivity index (χ1n) is 5.61. The van der Waals surface area contributed by atoms with Crippen LogP contribution in [-0.4, -0.2) is 18.1 Å². The highest BCUT2D eigenvalue weighted by Crippen LogP contribution is 2.16. The van der Waals surface area contributed by atoms with Gasteiger partial charge in [-0.2, -0.15) is 0 Å². The number of nitrogens with two attached hydrogens (primary N) is 1. The number of amides is 2. The standard InChI is InChI=1S/C13H14N4O2/c1-19-10-6-4-9(5-7-10)16-13(18)17-12-11(14)3-2-8-15-12/h2-8H,14H2,1H3,(H2,15,16,17,18). The summed E-state index contributed by atoms with van der Waals surface area (Å²) < 4.78 is 5.03. The molecule has 1 heterocycles. The van der Waals surface area contributed by atoms with Crippen molar-refractivity contribution < 1.29 is 9.53 Å². The Hall–Kier alpha value is -2.76. The molecule has 0 saturated heterocycles. The second-order valence-corrected chi connectivity index (χ2v) is 3.75. The number of carbonyl (C=O) groups is 1. The highest BCUT2D eigenvalue weighted by Gasteiger charge is 2.05. The molecule has 2 amide bonds. The van der Waals surface area contributed by atoms with Gasteiger partial charge in [-0.1, -0.05) is 0 Å². The van der Waals surface area contributed by atoms with Crippen molar-refractivity contribution >= 4 is 23.2 Å². The fourth-order valence-electron chi connectivity index (χ4n) is 1.47. The van der Waals surface area contributed by atoms with Crippen molar-refractivity contribution in [3.63, 3.8) is 0 Å². The molecule has 0 fully saturated rings. The second-order valence-electron chi connectivity index (χ2n) is 3.75. The van der Waals surface area contributed by atoms with Gasteiger partial charge >= 0.3 is 6.03 Å². The van der Waals surface area contributed by atoms with E-state index in [1.54, 1.807) is 49.7 Å². The molecular formula is C13H14N4O2. The molecule has 0 radical (unpaired) electrons. The molecule has 1 aromatic heterocycles. The van der Waals surface area contributed by atoms with Crippen LogP contribution in [-0.2, 0) is 0 Å². The first kappa shape index (κ1) is 12.7. The zero-order valence-electron chi connectivity index (χ0n) is 10.4. The highest BCUT2D eigenvalue weighted by atomic mass is 16.5. The molecule has 4 N–H and O–H groups in total.